The van der Waals surface area contributed by atoms with Crippen LogP contribution in [0.25, 0.3) is 0 Å². The van der Waals surface area contributed by atoms with E-state index in [4.69, 9.17) is 0 Å². The molecular weight excluding hydrogens is 295 g/mol. The summed E-state index contributed by atoms with van der Waals surface area (Å²) in [4.78, 5) is 9.90. The number of hydrogen-bond acceptors (Lipinski definition) is 3. The zero-order valence-corrected chi connectivity index (χ0v) is 12.8. The van der Waals surface area contributed by atoms with Crippen LogP contribution in [0, 0.1) is 15.9 Å². The van der Waals surface area contributed by atoms with E-state index in [-0.39, 0.29) is 0 Å². The van der Waals surface area contributed by atoms with Crippen molar-refractivity contribution >= 4 is 17.1 Å². The number of hydrogen-bond donors (Lipinski definition) is 1. The summed E-state index contributed by atoms with van der Waals surface area (Å²) in [5, 5.41) is 13.7. The van der Waals surface area contributed by atoms with Crippen molar-refractivity contribution in [3.8, 4) is 0 Å². The summed E-state index contributed by atoms with van der Waals surface area (Å²) < 4.78 is 13.6. The summed E-state index contributed by atoms with van der Waals surface area (Å²) in [5.74, 6) is -0.187. The van der Waals surface area contributed by atoms with Crippen molar-refractivity contribution in [1.82, 2.24) is 0 Å². The Morgan fingerprint density at radius 3 is 2.26 bits per heavy atom. The minimum absolute atomic E-state index is 0.499. The van der Waals surface area contributed by atoms with E-state index in [2.05, 4.69) is 17.4 Å². The standard InChI is InChI=1S/C18H19FN2O2/c19-17-12-16(10-11-18(17)21(22)23)20-15-8-6-14(7-9-15)13-4-2-1-3-5-13/h6-13,20H,1-5H2. The number of halogens is 1. The van der Waals surface area contributed by atoms with Gasteiger partial charge in [-0.3, -0.25) is 10.1 Å². The molecule has 1 aliphatic rings. The first kappa shape index (κ1) is 15.5. The zero-order valence-electron chi connectivity index (χ0n) is 12.8. The SMILES string of the molecule is O=[N+]([O-])c1ccc(Nc2ccc(C3CCCCC3)cc2)cc1F. The minimum Gasteiger partial charge on any atom is -0.355 e. The molecule has 0 unspecified atom stereocenters. The fraction of sp³-hybridized carbons (Fsp3) is 0.333. The summed E-state index contributed by atoms with van der Waals surface area (Å²) in [7, 11) is 0. The molecule has 1 saturated carbocycles. The van der Waals surface area contributed by atoms with Gasteiger partial charge in [0.1, 0.15) is 0 Å². The van der Waals surface area contributed by atoms with Gasteiger partial charge in [0, 0.05) is 23.5 Å². The van der Waals surface area contributed by atoms with Crippen molar-refractivity contribution in [2.24, 2.45) is 0 Å². The number of nitro groups is 1. The number of anilines is 2. The summed E-state index contributed by atoms with van der Waals surface area (Å²) in [5.41, 5.74) is 2.18. The summed E-state index contributed by atoms with van der Waals surface area (Å²) in [6.07, 6.45) is 6.43. The van der Waals surface area contributed by atoms with Gasteiger partial charge in [0.15, 0.2) is 0 Å². The first-order valence-electron chi connectivity index (χ1n) is 7.94. The lowest BCUT2D eigenvalue weighted by Gasteiger charge is -2.22. The molecule has 0 amide bonds. The van der Waals surface area contributed by atoms with E-state index in [9.17, 15) is 14.5 Å². The van der Waals surface area contributed by atoms with Crippen molar-refractivity contribution in [2.45, 2.75) is 38.0 Å². The maximum Gasteiger partial charge on any atom is 0.304 e. The Balaban J connectivity index is 1.70. The van der Waals surface area contributed by atoms with Crippen molar-refractivity contribution in [3.05, 3.63) is 64.0 Å². The molecular formula is C18H19FN2O2. The second kappa shape index (κ2) is 6.77. The van der Waals surface area contributed by atoms with Gasteiger partial charge >= 0.3 is 5.69 Å². The number of nitrogens with one attached hydrogen (secondary N) is 1. The lowest BCUT2D eigenvalue weighted by atomic mass is 9.84. The van der Waals surface area contributed by atoms with Gasteiger partial charge in [-0.25, -0.2) is 0 Å². The molecule has 0 bridgehead atoms. The molecule has 0 spiro atoms. The number of nitrogens with zero attached hydrogens (tertiary/aromatic N) is 1. The Kier molecular flexibility index (Phi) is 4.55. The third-order valence-electron chi connectivity index (χ3n) is 4.42. The quantitative estimate of drug-likeness (QED) is 0.596. The van der Waals surface area contributed by atoms with Crippen LogP contribution in [0.5, 0.6) is 0 Å². The monoisotopic (exact) mass is 314 g/mol. The molecule has 23 heavy (non-hydrogen) atoms. The number of benzene rings is 2. The van der Waals surface area contributed by atoms with Crippen LogP contribution in [-0.4, -0.2) is 4.92 Å². The van der Waals surface area contributed by atoms with E-state index in [0.717, 1.165) is 11.8 Å². The van der Waals surface area contributed by atoms with Gasteiger partial charge in [0.2, 0.25) is 5.82 Å². The molecule has 120 valence electrons. The molecule has 0 atom stereocenters. The predicted octanol–water partition coefficient (Wildman–Crippen LogP) is 5.53. The maximum absolute atomic E-state index is 13.6. The Hall–Kier alpha value is -2.43. The Morgan fingerprint density at radius 1 is 1.00 bits per heavy atom. The number of nitro benzene ring substituents is 1. The highest BCUT2D eigenvalue weighted by atomic mass is 19.1. The van der Waals surface area contributed by atoms with Gasteiger partial charge in [0.05, 0.1) is 4.92 Å². The van der Waals surface area contributed by atoms with Crippen molar-refractivity contribution in [3.63, 3.8) is 0 Å². The summed E-state index contributed by atoms with van der Waals surface area (Å²) in [6.45, 7) is 0. The smallest absolute Gasteiger partial charge is 0.304 e. The Bertz CT molecular complexity index is 695. The molecule has 1 fully saturated rings. The molecule has 0 aromatic heterocycles. The van der Waals surface area contributed by atoms with E-state index in [1.165, 1.54) is 49.8 Å². The molecule has 1 N–H and O–H groups in total. The molecule has 3 rings (SSSR count). The predicted molar refractivity (Wildman–Crippen MR) is 88.6 cm³/mol. The van der Waals surface area contributed by atoms with Crippen molar-refractivity contribution in [1.29, 1.82) is 0 Å². The average Bonchev–Trinajstić information content (AvgIpc) is 2.56. The van der Waals surface area contributed by atoms with Crippen LogP contribution in [0.4, 0.5) is 21.5 Å². The van der Waals surface area contributed by atoms with Gasteiger partial charge in [-0.15, -0.1) is 0 Å². The molecule has 0 aliphatic heterocycles. The summed E-state index contributed by atoms with van der Waals surface area (Å²) >= 11 is 0. The first-order chi connectivity index (χ1) is 11.1. The van der Waals surface area contributed by atoms with Gasteiger partial charge in [-0.05, 0) is 42.5 Å². The van der Waals surface area contributed by atoms with Crippen LogP contribution < -0.4 is 5.32 Å². The fourth-order valence-electron chi connectivity index (χ4n) is 3.17. The molecule has 1 aliphatic carbocycles. The van der Waals surface area contributed by atoms with Crippen LogP contribution in [0.15, 0.2) is 42.5 Å². The molecule has 0 radical (unpaired) electrons. The van der Waals surface area contributed by atoms with Crippen LogP contribution in [0.3, 0.4) is 0 Å². The van der Waals surface area contributed by atoms with E-state index in [1.807, 2.05) is 12.1 Å². The van der Waals surface area contributed by atoms with Crippen LogP contribution in [0.2, 0.25) is 0 Å². The first-order valence-corrected chi connectivity index (χ1v) is 7.94. The lowest BCUT2D eigenvalue weighted by molar-refractivity contribution is -0.387. The molecule has 0 saturated heterocycles. The second-order valence-electron chi connectivity index (χ2n) is 6.01. The van der Waals surface area contributed by atoms with Crippen LogP contribution in [0.1, 0.15) is 43.6 Å². The average molecular weight is 314 g/mol. The highest BCUT2D eigenvalue weighted by Crippen LogP contribution is 2.33. The molecule has 5 heteroatoms. The summed E-state index contributed by atoms with van der Waals surface area (Å²) in [6, 6.07) is 12.0. The minimum atomic E-state index is -0.834. The number of rotatable bonds is 4. The van der Waals surface area contributed by atoms with E-state index < -0.39 is 16.4 Å². The highest BCUT2D eigenvalue weighted by molar-refractivity contribution is 5.61. The normalized spacial score (nSPS) is 15.3. The molecule has 4 nitrogen and oxygen atoms in total. The van der Waals surface area contributed by atoms with E-state index in [0.29, 0.717) is 11.6 Å². The Morgan fingerprint density at radius 2 is 1.65 bits per heavy atom. The van der Waals surface area contributed by atoms with Crippen molar-refractivity contribution < 1.29 is 9.31 Å². The van der Waals surface area contributed by atoms with E-state index >= 15 is 0 Å². The highest BCUT2D eigenvalue weighted by Gasteiger charge is 2.16. The largest absolute Gasteiger partial charge is 0.355 e. The van der Waals surface area contributed by atoms with Gasteiger partial charge < -0.3 is 5.32 Å². The van der Waals surface area contributed by atoms with Gasteiger partial charge in [-0.2, -0.15) is 4.39 Å². The fourth-order valence-corrected chi connectivity index (χ4v) is 3.17. The van der Waals surface area contributed by atoms with Crippen LogP contribution in [-0.2, 0) is 0 Å². The van der Waals surface area contributed by atoms with Gasteiger partial charge in [0.25, 0.3) is 0 Å². The van der Waals surface area contributed by atoms with Gasteiger partial charge in [-0.1, -0.05) is 31.4 Å². The topological polar surface area (TPSA) is 55.2 Å². The van der Waals surface area contributed by atoms with Crippen molar-refractivity contribution in [2.75, 3.05) is 5.32 Å². The second-order valence-corrected chi connectivity index (χ2v) is 6.01. The molecule has 2 aromatic rings. The Labute approximate surface area is 134 Å². The van der Waals surface area contributed by atoms with E-state index in [1.54, 1.807) is 0 Å². The third-order valence-corrected chi connectivity index (χ3v) is 4.42. The van der Waals surface area contributed by atoms with Crippen LogP contribution >= 0.6 is 0 Å². The third kappa shape index (κ3) is 3.67. The molecule has 0 heterocycles. The molecule has 2 aromatic carbocycles. The zero-order chi connectivity index (χ0) is 16.2. The maximum atomic E-state index is 13.6. The lowest BCUT2D eigenvalue weighted by Crippen LogP contribution is -2.04.